The maximum absolute atomic E-state index is 13.8. The molecule has 15 heavy (non-hydrogen) atoms. The van der Waals surface area contributed by atoms with Crippen molar-refractivity contribution >= 4 is 94.6 Å². The van der Waals surface area contributed by atoms with Gasteiger partial charge in [0.1, 0.15) is 11.0 Å². The quantitative estimate of drug-likeness (QED) is 0.514. The van der Waals surface area contributed by atoms with E-state index in [1.165, 1.54) is 17.9 Å². The summed E-state index contributed by atoms with van der Waals surface area (Å²) >= 11 is 11.1. The topological polar surface area (TPSA) is 25.8 Å². The highest BCUT2D eigenvalue weighted by Crippen LogP contribution is 2.45. The molecular formula is C6ClFI2N2S3. The van der Waals surface area contributed by atoms with Gasteiger partial charge in [-0.3, -0.25) is 0 Å². The third-order valence-electron chi connectivity index (χ3n) is 1.66. The Kier molecular flexibility index (Phi) is 4.61. The van der Waals surface area contributed by atoms with Crippen molar-refractivity contribution in [2.45, 2.75) is 9.79 Å². The number of halogens is 4. The molecule has 1 heterocycles. The first-order valence-corrected chi connectivity index (χ1v) is 11.2. The lowest BCUT2D eigenvalue weighted by Crippen LogP contribution is -1.87. The average molecular weight is 505 g/mol. The molecule has 0 aliphatic rings. The summed E-state index contributed by atoms with van der Waals surface area (Å²) in [5.41, 5.74) is 1.28. The molecule has 0 saturated carbocycles. The fourth-order valence-corrected chi connectivity index (χ4v) is 5.71. The second-order valence-corrected chi connectivity index (χ2v) is 7.08. The predicted octanol–water partition coefficient (Wildman–Crippen LogP) is 5.37. The van der Waals surface area contributed by atoms with Gasteiger partial charge >= 0.3 is 0 Å². The van der Waals surface area contributed by atoms with Gasteiger partial charge in [0.15, 0.2) is 5.82 Å². The lowest BCUT2D eigenvalue weighted by molar-refractivity contribution is 0.603. The molecule has 0 amide bonds. The van der Waals surface area contributed by atoms with Gasteiger partial charge in [-0.05, 0) is 17.9 Å². The highest BCUT2D eigenvalue weighted by atomic mass is 127. The number of aromatic nitrogens is 2. The molecule has 0 radical (unpaired) electrons. The van der Waals surface area contributed by atoms with E-state index in [4.69, 9.17) is 11.6 Å². The Hall–Kier alpha value is 1.42. The monoisotopic (exact) mass is 504 g/mol. The van der Waals surface area contributed by atoms with Gasteiger partial charge in [0.05, 0.1) is 26.5 Å². The lowest BCUT2D eigenvalue weighted by atomic mass is 10.3. The van der Waals surface area contributed by atoms with Gasteiger partial charge < -0.3 is 0 Å². The number of fused-ring (bicyclic) bond motifs is 1. The molecule has 0 fully saturated rings. The van der Waals surface area contributed by atoms with Gasteiger partial charge in [0.25, 0.3) is 0 Å². The molecule has 0 bridgehead atoms. The molecule has 0 atom stereocenters. The van der Waals surface area contributed by atoms with Gasteiger partial charge in [-0.15, -0.1) is 0 Å². The summed E-state index contributed by atoms with van der Waals surface area (Å²) in [6.07, 6.45) is 0. The normalized spacial score (nSPS) is 11.2. The minimum atomic E-state index is -0.407. The van der Waals surface area contributed by atoms with E-state index < -0.39 is 5.82 Å². The Labute approximate surface area is 127 Å². The van der Waals surface area contributed by atoms with Crippen molar-refractivity contribution in [2.75, 3.05) is 0 Å². The van der Waals surface area contributed by atoms with Crippen LogP contribution in [-0.4, -0.2) is 8.75 Å². The molecule has 9 heteroatoms. The SMILES string of the molecule is Fc1c(Cl)c(SI)c2nsnc2c1SI. The summed E-state index contributed by atoms with van der Waals surface area (Å²) in [7, 11) is 2.62. The molecule has 1 aromatic carbocycles. The van der Waals surface area contributed by atoms with Gasteiger partial charge in [-0.25, -0.2) is 4.39 Å². The summed E-state index contributed by atoms with van der Waals surface area (Å²) in [6, 6.07) is 0. The van der Waals surface area contributed by atoms with E-state index in [-0.39, 0.29) is 5.02 Å². The van der Waals surface area contributed by atoms with Crippen LogP contribution in [0.25, 0.3) is 11.0 Å². The van der Waals surface area contributed by atoms with Crippen molar-refractivity contribution in [3.8, 4) is 0 Å². The molecule has 0 saturated heterocycles. The van der Waals surface area contributed by atoms with E-state index in [2.05, 4.69) is 30.0 Å². The zero-order chi connectivity index (χ0) is 11.0. The van der Waals surface area contributed by atoms with E-state index in [1.807, 2.05) is 21.2 Å². The summed E-state index contributed by atoms with van der Waals surface area (Å²) in [5, 5.41) is 0.133. The van der Waals surface area contributed by atoms with E-state index in [0.717, 1.165) is 11.7 Å². The van der Waals surface area contributed by atoms with E-state index in [9.17, 15) is 4.39 Å². The van der Waals surface area contributed by atoms with Crippen LogP contribution in [0.3, 0.4) is 0 Å². The van der Waals surface area contributed by atoms with Gasteiger partial charge in [-0.2, -0.15) is 8.75 Å². The van der Waals surface area contributed by atoms with Crippen molar-refractivity contribution in [2.24, 2.45) is 0 Å². The number of hydrogen-bond donors (Lipinski definition) is 0. The fourth-order valence-electron chi connectivity index (χ4n) is 1.03. The third kappa shape index (κ3) is 2.21. The van der Waals surface area contributed by atoms with Crippen LogP contribution in [0.5, 0.6) is 0 Å². The molecule has 2 aromatic rings. The van der Waals surface area contributed by atoms with Crippen LogP contribution < -0.4 is 0 Å². The second-order valence-electron chi connectivity index (χ2n) is 2.40. The van der Waals surface area contributed by atoms with Crippen molar-refractivity contribution in [1.29, 1.82) is 0 Å². The number of nitrogens with zero attached hydrogens (tertiary/aromatic N) is 2. The predicted molar refractivity (Wildman–Crippen MR) is 82.1 cm³/mol. The Bertz CT molecular complexity index is 477. The highest BCUT2D eigenvalue weighted by molar-refractivity contribution is 14.2. The molecule has 0 unspecified atom stereocenters. The van der Waals surface area contributed by atoms with Crippen LogP contribution in [-0.2, 0) is 0 Å². The van der Waals surface area contributed by atoms with E-state index in [0.29, 0.717) is 20.8 Å². The first-order chi connectivity index (χ1) is 7.20. The number of benzene rings is 1. The molecule has 80 valence electrons. The van der Waals surface area contributed by atoms with Crippen LogP contribution in [0.4, 0.5) is 4.39 Å². The average Bonchev–Trinajstić information content (AvgIpc) is 2.69. The number of hydrogen-bond acceptors (Lipinski definition) is 5. The summed E-state index contributed by atoms with van der Waals surface area (Å²) in [5.74, 6) is -0.407. The Morgan fingerprint density at radius 2 is 1.67 bits per heavy atom. The Morgan fingerprint density at radius 1 is 1.13 bits per heavy atom. The summed E-state index contributed by atoms with van der Waals surface area (Å²) in [4.78, 5) is 1.10. The zero-order valence-electron chi connectivity index (χ0n) is 6.63. The first-order valence-electron chi connectivity index (χ1n) is 3.41. The first kappa shape index (κ1) is 12.9. The summed E-state index contributed by atoms with van der Waals surface area (Å²) < 4.78 is 22.0. The van der Waals surface area contributed by atoms with Crippen LogP contribution in [0, 0.1) is 5.82 Å². The maximum atomic E-state index is 13.8. The van der Waals surface area contributed by atoms with Gasteiger partial charge in [-0.1, -0.05) is 11.6 Å². The zero-order valence-corrected chi connectivity index (χ0v) is 14.2. The standard InChI is InChI=1S/C6ClFI2N2S3/c7-1-2(8)6(14-10)4-3(5(1)13-9)11-15-12-4. The van der Waals surface area contributed by atoms with E-state index >= 15 is 0 Å². The smallest absolute Gasteiger partial charge is 0.159 e. The Morgan fingerprint density at radius 3 is 2.20 bits per heavy atom. The molecule has 0 aliphatic heterocycles. The van der Waals surface area contributed by atoms with Crippen molar-refractivity contribution < 1.29 is 4.39 Å². The molecule has 0 spiro atoms. The maximum Gasteiger partial charge on any atom is 0.159 e. The largest absolute Gasteiger partial charge is 0.204 e. The molecule has 0 N–H and O–H groups in total. The van der Waals surface area contributed by atoms with Crippen molar-refractivity contribution in [3.05, 3.63) is 10.8 Å². The van der Waals surface area contributed by atoms with Gasteiger partial charge in [0, 0.05) is 42.4 Å². The minimum absolute atomic E-state index is 0.133. The van der Waals surface area contributed by atoms with Crippen LogP contribution in [0.2, 0.25) is 5.02 Å². The van der Waals surface area contributed by atoms with Crippen molar-refractivity contribution in [1.82, 2.24) is 8.75 Å². The van der Waals surface area contributed by atoms with Crippen LogP contribution in [0.1, 0.15) is 0 Å². The summed E-state index contributed by atoms with van der Waals surface area (Å²) in [6.45, 7) is 0. The van der Waals surface area contributed by atoms with E-state index in [1.54, 1.807) is 0 Å². The van der Waals surface area contributed by atoms with Crippen LogP contribution >= 0.6 is 83.6 Å². The van der Waals surface area contributed by atoms with Crippen LogP contribution in [0.15, 0.2) is 9.79 Å². The third-order valence-corrected chi connectivity index (χ3v) is 6.38. The molecule has 0 aliphatic carbocycles. The van der Waals surface area contributed by atoms with Crippen molar-refractivity contribution in [3.63, 3.8) is 0 Å². The van der Waals surface area contributed by atoms with Gasteiger partial charge in [0.2, 0.25) is 0 Å². The highest BCUT2D eigenvalue weighted by Gasteiger charge is 2.21. The second kappa shape index (κ2) is 5.38. The molecule has 1 aromatic heterocycles. The minimum Gasteiger partial charge on any atom is -0.204 e. The Balaban J connectivity index is 2.91. The fraction of sp³-hybridized carbons (Fsp3) is 0. The molecule has 2 nitrogen and oxygen atoms in total. The lowest BCUT2D eigenvalue weighted by Gasteiger charge is -2.05. The number of rotatable bonds is 2. The molecule has 2 rings (SSSR count). The molecular weight excluding hydrogens is 505 g/mol.